The van der Waals surface area contributed by atoms with Crippen molar-refractivity contribution in [1.82, 2.24) is 0 Å². The lowest BCUT2D eigenvalue weighted by atomic mass is 10.2. The summed E-state index contributed by atoms with van der Waals surface area (Å²) in [5.41, 5.74) is 2.51. The summed E-state index contributed by atoms with van der Waals surface area (Å²) in [5, 5.41) is 2.91. The molecular formula is C22H20INO3. The minimum Gasteiger partial charge on any atom is -0.496 e. The normalized spacial score (nSPS) is 10.3. The molecule has 0 saturated heterocycles. The average Bonchev–Trinajstić information content (AvgIpc) is 2.69. The summed E-state index contributed by atoms with van der Waals surface area (Å²) in [7, 11) is 1.61. The standard InChI is InChI=1S/C22H20INO3/c1-26-21-11-10-17(14-20(21)23)22(25)24-18-8-5-9-19(15-18)27-13-12-16-6-3-2-4-7-16/h2-11,14-15H,12-13H2,1H3,(H,24,25). The van der Waals surface area contributed by atoms with Gasteiger partial charge in [-0.25, -0.2) is 0 Å². The molecule has 1 amide bonds. The molecule has 0 fully saturated rings. The first-order chi connectivity index (χ1) is 13.2. The number of halogens is 1. The Bertz CT molecular complexity index is 912. The van der Waals surface area contributed by atoms with Gasteiger partial charge in [0, 0.05) is 23.7 Å². The van der Waals surface area contributed by atoms with E-state index < -0.39 is 0 Å². The summed E-state index contributed by atoms with van der Waals surface area (Å²) in [4.78, 5) is 12.5. The van der Waals surface area contributed by atoms with Gasteiger partial charge in [0.1, 0.15) is 11.5 Å². The predicted octanol–water partition coefficient (Wildman–Crippen LogP) is 5.17. The minimum atomic E-state index is -0.169. The fourth-order valence-corrected chi connectivity index (χ4v) is 3.34. The molecule has 0 bridgehead atoms. The van der Waals surface area contributed by atoms with Crippen LogP contribution in [0.4, 0.5) is 5.69 Å². The second-order valence-corrected chi connectivity index (χ2v) is 7.08. The van der Waals surface area contributed by atoms with Crippen LogP contribution in [0.25, 0.3) is 0 Å². The van der Waals surface area contributed by atoms with Gasteiger partial charge in [-0.05, 0) is 58.5 Å². The number of benzene rings is 3. The van der Waals surface area contributed by atoms with Gasteiger partial charge in [-0.2, -0.15) is 0 Å². The Morgan fingerprint density at radius 2 is 1.81 bits per heavy atom. The van der Waals surface area contributed by atoms with E-state index in [1.54, 1.807) is 25.3 Å². The maximum absolute atomic E-state index is 12.5. The number of rotatable bonds is 7. The van der Waals surface area contributed by atoms with E-state index in [1.807, 2.05) is 42.5 Å². The number of amides is 1. The molecule has 0 aliphatic carbocycles. The van der Waals surface area contributed by atoms with Crippen LogP contribution in [0.5, 0.6) is 11.5 Å². The number of carbonyl (C=O) groups is 1. The lowest BCUT2D eigenvalue weighted by Gasteiger charge is -2.10. The van der Waals surface area contributed by atoms with Crippen molar-refractivity contribution in [3.63, 3.8) is 0 Å². The number of nitrogens with one attached hydrogen (secondary N) is 1. The fourth-order valence-electron chi connectivity index (χ4n) is 2.61. The summed E-state index contributed by atoms with van der Waals surface area (Å²) < 4.78 is 11.9. The largest absolute Gasteiger partial charge is 0.496 e. The lowest BCUT2D eigenvalue weighted by Crippen LogP contribution is -2.12. The van der Waals surface area contributed by atoms with Crippen molar-refractivity contribution < 1.29 is 14.3 Å². The predicted molar refractivity (Wildman–Crippen MR) is 116 cm³/mol. The molecule has 138 valence electrons. The fraction of sp³-hybridized carbons (Fsp3) is 0.136. The Balaban J connectivity index is 1.60. The Hall–Kier alpha value is -2.54. The van der Waals surface area contributed by atoms with E-state index in [-0.39, 0.29) is 5.91 Å². The summed E-state index contributed by atoms with van der Waals surface area (Å²) >= 11 is 2.15. The first-order valence-corrected chi connectivity index (χ1v) is 9.65. The molecule has 0 atom stereocenters. The smallest absolute Gasteiger partial charge is 0.255 e. The van der Waals surface area contributed by atoms with Gasteiger partial charge in [0.15, 0.2) is 0 Å². The van der Waals surface area contributed by atoms with Gasteiger partial charge in [-0.3, -0.25) is 4.79 Å². The zero-order chi connectivity index (χ0) is 19.1. The molecule has 27 heavy (non-hydrogen) atoms. The Kier molecular flexibility index (Phi) is 6.70. The monoisotopic (exact) mass is 473 g/mol. The zero-order valence-corrected chi connectivity index (χ0v) is 17.1. The summed E-state index contributed by atoms with van der Waals surface area (Å²) in [6.07, 6.45) is 0.835. The lowest BCUT2D eigenvalue weighted by molar-refractivity contribution is 0.102. The van der Waals surface area contributed by atoms with Crippen LogP contribution in [0.2, 0.25) is 0 Å². The third-order valence-corrected chi connectivity index (χ3v) is 4.85. The van der Waals surface area contributed by atoms with Crippen LogP contribution in [0.1, 0.15) is 15.9 Å². The summed E-state index contributed by atoms with van der Waals surface area (Å²) in [5.74, 6) is 1.31. The Morgan fingerprint density at radius 3 is 2.56 bits per heavy atom. The van der Waals surface area contributed by atoms with Gasteiger partial charge in [0.2, 0.25) is 0 Å². The van der Waals surface area contributed by atoms with Gasteiger partial charge in [-0.15, -0.1) is 0 Å². The van der Waals surface area contributed by atoms with E-state index in [2.05, 4.69) is 40.0 Å². The number of anilines is 1. The second kappa shape index (κ2) is 9.41. The van der Waals surface area contributed by atoms with Gasteiger partial charge in [0.05, 0.1) is 17.3 Å². The number of methoxy groups -OCH3 is 1. The molecule has 1 N–H and O–H groups in total. The van der Waals surface area contributed by atoms with Crippen LogP contribution in [0.15, 0.2) is 72.8 Å². The SMILES string of the molecule is COc1ccc(C(=O)Nc2cccc(OCCc3ccccc3)c2)cc1I. The molecule has 0 heterocycles. The molecular weight excluding hydrogens is 453 g/mol. The molecule has 4 nitrogen and oxygen atoms in total. The highest BCUT2D eigenvalue weighted by atomic mass is 127. The molecule has 5 heteroatoms. The van der Waals surface area contributed by atoms with Crippen LogP contribution >= 0.6 is 22.6 Å². The Labute approximate surface area is 172 Å². The van der Waals surface area contributed by atoms with Crippen molar-refractivity contribution in [2.75, 3.05) is 19.0 Å². The molecule has 3 aromatic rings. The van der Waals surface area contributed by atoms with Crippen LogP contribution in [0, 0.1) is 3.57 Å². The third kappa shape index (κ3) is 5.47. The van der Waals surface area contributed by atoms with Crippen molar-refractivity contribution in [3.8, 4) is 11.5 Å². The van der Waals surface area contributed by atoms with E-state index in [1.165, 1.54) is 5.56 Å². The number of hydrogen-bond donors (Lipinski definition) is 1. The van der Waals surface area contributed by atoms with E-state index in [0.717, 1.165) is 21.5 Å². The first kappa shape index (κ1) is 19.2. The van der Waals surface area contributed by atoms with Gasteiger partial charge in [-0.1, -0.05) is 36.4 Å². The maximum atomic E-state index is 12.5. The summed E-state index contributed by atoms with van der Waals surface area (Å²) in [6, 6.07) is 23.0. The number of hydrogen-bond acceptors (Lipinski definition) is 3. The van der Waals surface area contributed by atoms with Crippen molar-refractivity contribution in [2.45, 2.75) is 6.42 Å². The number of carbonyl (C=O) groups excluding carboxylic acids is 1. The highest BCUT2D eigenvalue weighted by Crippen LogP contribution is 2.23. The summed E-state index contributed by atoms with van der Waals surface area (Å²) in [6.45, 7) is 0.581. The molecule has 0 radical (unpaired) electrons. The van der Waals surface area contributed by atoms with Crippen LogP contribution in [0.3, 0.4) is 0 Å². The van der Waals surface area contributed by atoms with Gasteiger partial charge < -0.3 is 14.8 Å². The molecule has 3 aromatic carbocycles. The zero-order valence-electron chi connectivity index (χ0n) is 14.9. The molecule has 0 spiro atoms. The van der Waals surface area contributed by atoms with E-state index in [4.69, 9.17) is 9.47 Å². The van der Waals surface area contributed by atoms with Crippen molar-refractivity contribution in [3.05, 3.63) is 87.5 Å². The molecule has 0 aliphatic rings. The van der Waals surface area contributed by atoms with Crippen molar-refractivity contribution in [1.29, 1.82) is 0 Å². The van der Waals surface area contributed by atoms with E-state index >= 15 is 0 Å². The molecule has 0 unspecified atom stereocenters. The topological polar surface area (TPSA) is 47.6 Å². The highest BCUT2D eigenvalue weighted by molar-refractivity contribution is 14.1. The minimum absolute atomic E-state index is 0.169. The third-order valence-electron chi connectivity index (χ3n) is 4.01. The second-order valence-electron chi connectivity index (χ2n) is 5.92. The highest BCUT2D eigenvalue weighted by Gasteiger charge is 2.09. The van der Waals surface area contributed by atoms with Crippen LogP contribution < -0.4 is 14.8 Å². The molecule has 0 aliphatic heterocycles. The molecule has 3 rings (SSSR count). The van der Waals surface area contributed by atoms with E-state index in [0.29, 0.717) is 17.9 Å². The quantitative estimate of drug-likeness (QED) is 0.482. The maximum Gasteiger partial charge on any atom is 0.255 e. The van der Waals surface area contributed by atoms with Gasteiger partial charge in [0.25, 0.3) is 5.91 Å². The average molecular weight is 473 g/mol. The van der Waals surface area contributed by atoms with Crippen LogP contribution in [-0.2, 0) is 6.42 Å². The molecule has 0 aromatic heterocycles. The van der Waals surface area contributed by atoms with E-state index in [9.17, 15) is 4.79 Å². The number of ether oxygens (including phenoxy) is 2. The van der Waals surface area contributed by atoms with Crippen molar-refractivity contribution in [2.24, 2.45) is 0 Å². The van der Waals surface area contributed by atoms with Crippen molar-refractivity contribution >= 4 is 34.2 Å². The Morgan fingerprint density at radius 1 is 1.00 bits per heavy atom. The van der Waals surface area contributed by atoms with Crippen LogP contribution in [-0.4, -0.2) is 19.6 Å². The first-order valence-electron chi connectivity index (χ1n) is 8.57. The van der Waals surface area contributed by atoms with Gasteiger partial charge >= 0.3 is 0 Å². The molecule has 0 saturated carbocycles.